The molecule has 1 rings (SSSR count). The lowest BCUT2D eigenvalue weighted by molar-refractivity contribution is 0.0745. The van der Waals surface area contributed by atoms with Crippen LogP contribution in [0.5, 0.6) is 11.5 Å². The molecule has 0 saturated carbocycles. The van der Waals surface area contributed by atoms with Crippen molar-refractivity contribution in [1.82, 2.24) is 0 Å². The molecule has 0 heterocycles. The van der Waals surface area contributed by atoms with Crippen LogP contribution < -0.4 is 9.47 Å². The molecule has 0 aliphatic heterocycles. The second kappa shape index (κ2) is 8.15. The summed E-state index contributed by atoms with van der Waals surface area (Å²) in [5.41, 5.74) is -0.111. The maximum atomic E-state index is 10.2. The van der Waals surface area contributed by atoms with Crippen LogP contribution in [0.1, 0.15) is 58.9 Å². The van der Waals surface area contributed by atoms with Gasteiger partial charge >= 0.3 is 0 Å². The zero-order valence-corrected chi connectivity index (χ0v) is 13.2. The molecule has 0 aliphatic carbocycles. The highest BCUT2D eigenvalue weighted by Crippen LogP contribution is 2.33. The maximum Gasteiger partial charge on any atom is 0.129 e. The molecule has 0 atom stereocenters. The predicted octanol–water partition coefficient (Wildman–Crippen LogP) is 4.27. The average molecular weight is 280 g/mol. The summed E-state index contributed by atoms with van der Waals surface area (Å²) in [5, 5.41) is 10.2. The van der Waals surface area contributed by atoms with Crippen LogP contribution in [0.2, 0.25) is 0 Å². The quantitative estimate of drug-likeness (QED) is 0.686. The Morgan fingerprint density at radius 1 is 1.00 bits per heavy atom. The highest BCUT2D eigenvalue weighted by atomic mass is 16.5. The van der Waals surface area contributed by atoms with E-state index in [9.17, 15) is 5.11 Å². The number of unbranched alkanes of at least 4 members (excludes halogenated alkanes) is 2. The number of hydrogen-bond donors (Lipinski definition) is 1. The van der Waals surface area contributed by atoms with Gasteiger partial charge in [-0.15, -0.1) is 0 Å². The molecule has 0 radical (unpaired) electrons. The molecule has 0 bridgehead atoms. The van der Waals surface area contributed by atoms with E-state index >= 15 is 0 Å². The van der Waals surface area contributed by atoms with E-state index in [1.807, 2.05) is 18.2 Å². The van der Waals surface area contributed by atoms with Crippen molar-refractivity contribution >= 4 is 0 Å². The highest BCUT2D eigenvalue weighted by molar-refractivity contribution is 5.43. The molecule has 1 aromatic rings. The summed E-state index contributed by atoms with van der Waals surface area (Å²) >= 11 is 0. The van der Waals surface area contributed by atoms with Crippen molar-refractivity contribution in [3.05, 3.63) is 23.8 Å². The molecule has 1 N–H and O–H groups in total. The van der Waals surface area contributed by atoms with E-state index in [2.05, 4.69) is 13.8 Å². The Morgan fingerprint density at radius 3 is 2.15 bits per heavy atom. The normalized spacial score (nSPS) is 11.4. The third-order valence-electron chi connectivity index (χ3n) is 3.13. The van der Waals surface area contributed by atoms with Crippen molar-refractivity contribution in [1.29, 1.82) is 0 Å². The minimum Gasteiger partial charge on any atom is -0.493 e. The zero-order chi connectivity index (χ0) is 15.0. The van der Waals surface area contributed by atoms with Crippen LogP contribution in [0.3, 0.4) is 0 Å². The summed E-state index contributed by atoms with van der Waals surface area (Å²) in [6.45, 7) is 9.19. The lowest BCUT2D eigenvalue weighted by Gasteiger charge is -2.22. The minimum absolute atomic E-state index is 0.665. The van der Waals surface area contributed by atoms with Crippen LogP contribution in [-0.4, -0.2) is 18.3 Å². The molecule has 3 heteroatoms. The molecule has 0 unspecified atom stereocenters. The Bertz CT molecular complexity index is 394. The number of hydrogen-bond acceptors (Lipinski definition) is 3. The first-order valence-electron chi connectivity index (χ1n) is 7.61. The van der Waals surface area contributed by atoms with E-state index < -0.39 is 5.60 Å². The van der Waals surface area contributed by atoms with Crippen molar-refractivity contribution in [2.24, 2.45) is 0 Å². The molecular formula is C17H28O3. The van der Waals surface area contributed by atoms with E-state index in [1.54, 1.807) is 13.8 Å². The van der Waals surface area contributed by atoms with Gasteiger partial charge in [-0.25, -0.2) is 0 Å². The fourth-order valence-electron chi connectivity index (χ4n) is 1.88. The summed E-state index contributed by atoms with van der Waals surface area (Å²) in [5.74, 6) is 1.53. The molecule has 3 nitrogen and oxygen atoms in total. The summed E-state index contributed by atoms with van der Waals surface area (Å²) in [4.78, 5) is 0. The molecule has 0 spiro atoms. The fraction of sp³-hybridized carbons (Fsp3) is 0.647. The smallest absolute Gasteiger partial charge is 0.129 e. The average Bonchev–Trinajstić information content (AvgIpc) is 2.38. The van der Waals surface area contributed by atoms with Gasteiger partial charge in [0.15, 0.2) is 0 Å². The second-order valence-corrected chi connectivity index (χ2v) is 5.62. The number of aliphatic hydroxyl groups is 1. The molecule has 0 amide bonds. The topological polar surface area (TPSA) is 38.7 Å². The third kappa shape index (κ3) is 5.41. The minimum atomic E-state index is -0.913. The summed E-state index contributed by atoms with van der Waals surface area (Å²) < 4.78 is 11.5. The van der Waals surface area contributed by atoms with Gasteiger partial charge in [0.2, 0.25) is 0 Å². The Labute approximate surface area is 122 Å². The largest absolute Gasteiger partial charge is 0.493 e. The molecule has 0 aromatic heterocycles. The monoisotopic (exact) mass is 280 g/mol. The Balaban J connectivity index is 2.84. The van der Waals surface area contributed by atoms with Crippen LogP contribution in [0.15, 0.2) is 18.2 Å². The molecule has 20 heavy (non-hydrogen) atoms. The molecule has 1 aromatic carbocycles. The lowest BCUT2D eigenvalue weighted by atomic mass is 9.97. The number of benzene rings is 1. The maximum absolute atomic E-state index is 10.2. The first kappa shape index (κ1) is 16.8. The summed E-state index contributed by atoms with van der Waals surface area (Å²) in [6, 6.07) is 5.68. The van der Waals surface area contributed by atoms with Crippen LogP contribution >= 0.6 is 0 Å². The highest BCUT2D eigenvalue weighted by Gasteiger charge is 2.21. The van der Waals surface area contributed by atoms with Crippen LogP contribution in [0, 0.1) is 0 Å². The summed E-state index contributed by atoms with van der Waals surface area (Å²) in [7, 11) is 0. The Kier molecular flexibility index (Phi) is 6.86. The van der Waals surface area contributed by atoms with Gasteiger partial charge in [0.1, 0.15) is 11.5 Å². The first-order valence-corrected chi connectivity index (χ1v) is 7.61. The van der Waals surface area contributed by atoms with Gasteiger partial charge in [-0.05, 0) is 38.8 Å². The van der Waals surface area contributed by atoms with Crippen molar-refractivity contribution in [2.45, 2.75) is 59.0 Å². The molecule has 0 aliphatic rings. The molecular weight excluding hydrogens is 252 g/mol. The van der Waals surface area contributed by atoms with Gasteiger partial charge in [-0.1, -0.05) is 26.7 Å². The Hall–Kier alpha value is -1.22. The van der Waals surface area contributed by atoms with E-state index in [1.165, 1.54) is 0 Å². The second-order valence-electron chi connectivity index (χ2n) is 5.62. The van der Waals surface area contributed by atoms with Crippen LogP contribution in [0.4, 0.5) is 0 Å². The molecule has 114 valence electrons. The standard InChI is InChI=1S/C17H28O3/c1-5-7-11-19-14-9-10-15(17(3,4)18)16(13-14)20-12-8-6-2/h9-10,13,18H,5-8,11-12H2,1-4H3. The molecule has 0 fully saturated rings. The van der Waals surface area contributed by atoms with Gasteiger partial charge in [0, 0.05) is 11.6 Å². The van der Waals surface area contributed by atoms with E-state index in [0.717, 1.165) is 42.7 Å². The Morgan fingerprint density at radius 2 is 1.60 bits per heavy atom. The van der Waals surface area contributed by atoms with Gasteiger partial charge in [0.25, 0.3) is 0 Å². The van der Waals surface area contributed by atoms with E-state index in [4.69, 9.17) is 9.47 Å². The van der Waals surface area contributed by atoms with E-state index in [-0.39, 0.29) is 0 Å². The summed E-state index contributed by atoms with van der Waals surface area (Å²) in [6.07, 6.45) is 4.25. The van der Waals surface area contributed by atoms with Crippen LogP contribution in [-0.2, 0) is 5.60 Å². The van der Waals surface area contributed by atoms with Crippen molar-refractivity contribution < 1.29 is 14.6 Å². The zero-order valence-electron chi connectivity index (χ0n) is 13.2. The number of rotatable bonds is 9. The SMILES string of the molecule is CCCCOc1ccc(C(C)(C)O)c(OCCCC)c1. The van der Waals surface area contributed by atoms with Gasteiger partial charge in [-0.3, -0.25) is 0 Å². The first-order chi connectivity index (χ1) is 9.49. The van der Waals surface area contributed by atoms with Crippen molar-refractivity contribution in [3.8, 4) is 11.5 Å². The lowest BCUT2D eigenvalue weighted by Crippen LogP contribution is -2.17. The van der Waals surface area contributed by atoms with Crippen molar-refractivity contribution in [3.63, 3.8) is 0 Å². The van der Waals surface area contributed by atoms with Crippen molar-refractivity contribution in [2.75, 3.05) is 13.2 Å². The molecule has 0 saturated heterocycles. The van der Waals surface area contributed by atoms with Gasteiger partial charge < -0.3 is 14.6 Å². The van der Waals surface area contributed by atoms with Gasteiger partial charge in [-0.2, -0.15) is 0 Å². The van der Waals surface area contributed by atoms with Crippen LogP contribution in [0.25, 0.3) is 0 Å². The predicted molar refractivity (Wildman–Crippen MR) is 82.5 cm³/mol. The van der Waals surface area contributed by atoms with Gasteiger partial charge in [0.05, 0.1) is 18.8 Å². The number of ether oxygens (including phenoxy) is 2. The third-order valence-corrected chi connectivity index (χ3v) is 3.13. The van der Waals surface area contributed by atoms with E-state index in [0.29, 0.717) is 13.2 Å². The fourth-order valence-corrected chi connectivity index (χ4v) is 1.88.